The van der Waals surface area contributed by atoms with Gasteiger partial charge in [0.2, 0.25) is 0 Å². The fraction of sp³-hybridized carbons (Fsp3) is 0.571. The van der Waals surface area contributed by atoms with Gasteiger partial charge in [-0.1, -0.05) is 19.1 Å². The number of hydrogen-bond donors (Lipinski definition) is 1. The Kier molecular flexibility index (Phi) is 3.83. The first-order valence-electron chi connectivity index (χ1n) is 6.28. The number of nitrogens with zero attached hydrogens (tertiary/aromatic N) is 1. The first kappa shape index (κ1) is 11.5. The molecule has 0 aromatic heterocycles. The van der Waals surface area contributed by atoms with Gasteiger partial charge in [0.05, 0.1) is 0 Å². The summed E-state index contributed by atoms with van der Waals surface area (Å²) in [5.74, 6) is 0.903. The van der Waals surface area contributed by atoms with Crippen molar-refractivity contribution in [3.8, 4) is 0 Å². The SMILES string of the molecule is CNCc1ccc(N2CCC(C)CC2)cc1. The number of anilines is 1. The van der Waals surface area contributed by atoms with E-state index in [1.54, 1.807) is 0 Å². The number of benzene rings is 1. The van der Waals surface area contributed by atoms with Crippen molar-refractivity contribution in [2.75, 3.05) is 25.0 Å². The van der Waals surface area contributed by atoms with Gasteiger partial charge in [0, 0.05) is 25.3 Å². The van der Waals surface area contributed by atoms with Gasteiger partial charge in [-0.2, -0.15) is 0 Å². The van der Waals surface area contributed by atoms with Crippen molar-refractivity contribution in [3.05, 3.63) is 29.8 Å². The third-order valence-corrected chi connectivity index (χ3v) is 3.47. The van der Waals surface area contributed by atoms with Crippen LogP contribution in [0.3, 0.4) is 0 Å². The van der Waals surface area contributed by atoms with Crippen LogP contribution in [0.5, 0.6) is 0 Å². The predicted octanol–water partition coefficient (Wildman–Crippen LogP) is 2.64. The normalized spacial score (nSPS) is 17.8. The van der Waals surface area contributed by atoms with Crippen molar-refractivity contribution in [2.24, 2.45) is 5.92 Å². The minimum atomic E-state index is 0.903. The Balaban J connectivity index is 1.98. The smallest absolute Gasteiger partial charge is 0.0366 e. The zero-order chi connectivity index (χ0) is 11.4. The molecule has 1 aromatic rings. The van der Waals surface area contributed by atoms with E-state index in [4.69, 9.17) is 0 Å². The Morgan fingerprint density at radius 1 is 1.19 bits per heavy atom. The molecular formula is C14H22N2. The van der Waals surface area contributed by atoms with Crippen molar-refractivity contribution in [2.45, 2.75) is 26.3 Å². The summed E-state index contributed by atoms with van der Waals surface area (Å²) in [5.41, 5.74) is 2.74. The monoisotopic (exact) mass is 218 g/mol. The Hall–Kier alpha value is -1.02. The average Bonchev–Trinajstić information content (AvgIpc) is 2.32. The Labute approximate surface area is 98.7 Å². The van der Waals surface area contributed by atoms with Gasteiger partial charge in [-0.25, -0.2) is 0 Å². The number of hydrogen-bond acceptors (Lipinski definition) is 2. The van der Waals surface area contributed by atoms with Crippen LogP contribution in [-0.4, -0.2) is 20.1 Å². The maximum Gasteiger partial charge on any atom is 0.0366 e. The molecule has 16 heavy (non-hydrogen) atoms. The highest BCUT2D eigenvalue weighted by Crippen LogP contribution is 2.23. The maximum absolute atomic E-state index is 3.18. The second kappa shape index (κ2) is 5.35. The lowest BCUT2D eigenvalue weighted by molar-refractivity contribution is 0.438. The van der Waals surface area contributed by atoms with E-state index in [2.05, 4.69) is 41.4 Å². The van der Waals surface area contributed by atoms with Crippen molar-refractivity contribution < 1.29 is 0 Å². The Bertz CT molecular complexity index is 310. The highest BCUT2D eigenvalue weighted by Gasteiger charge is 2.15. The van der Waals surface area contributed by atoms with Crippen LogP contribution in [0, 0.1) is 5.92 Å². The molecule has 1 aromatic carbocycles. The minimum absolute atomic E-state index is 0.903. The fourth-order valence-electron chi connectivity index (χ4n) is 2.30. The summed E-state index contributed by atoms with van der Waals surface area (Å²) in [4.78, 5) is 2.50. The minimum Gasteiger partial charge on any atom is -0.372 e. The van der Waals surface area contributed by atoms with Crippen LogP contribution >= 0.6 is 0 Å². The van der Waals surface area contributed by atoms with E-state index < -0.39 is 0 Å². The lowest BCUT2D eigenvalue weighted by Gasteiger charge is -2.32. The molecule has 0 amide bonds. The molecule has 1 aliphatic rings. The van der Waals surface area contributed by atoms with Gasteiger partial charge in [0.15, 0.2) is 0 Å². The molecule has 1 aliphatic heterocycles. The van der Waals surface area contributed by atoms with E-state index in [0.29, 0.717) is 0 Å². The molecule has 1 heterocycles. The van der Waals surface area contributed by atoms with E-state index in [1.165, 1.54) is 37.2 Å². The van der Waals surface area contributed by atoms with Gasteiger partial charge >= 0.3 is 0 Å². The molecule has 88 valence electrons. The largest absolute Gasteiger partial charge is 0.372 e. The van der Waals surface area contributed by atoms with Gasteiger partial charge in [-0.15, -0.1) is 0 Å². The van der Waals surface area contributed by atoms with Crippen LogP contribution in [-0.2, 0) is 6.54 Å². The molecular weight excluding hydrogens is 196 g/mol. The van der Waals surface area contributed by atoms with Gasteiger partial charge in [0.25, 0.3) is 0 Å². The predicted molar refractivity (Wildman–Crippen MR) is 69.8 cm³/mol. The molecule has 0 saturated carbocycles. The van der Waals surface area contributed by atoms with E-state index in [9.17, 15) is 0 Å². The van der Waals surface area contributed by atoms with E-state index in [1.807, 2.05) is 7.05 Å². The zero-order valence-corrected chi connectivity index (χ0v) is 10.4. The first-order valence-corrected chi connectivity index (χ1v) is 6.28. The highest BCUT2D eigenvalue weighted by atomic mass is 15.1. The third-order valence-electron chi connectivity index (χ3n) is 3.47. The highest BCUT2D eigenvalue weighted by molar-refractivity contribution is 5.47. The van der Waals surface area contributed by atoms with Crippen molar-refractivity contribution in [3.63, 3.8) is 0 Å². The van der Waals surface area contributed by atoms with Gasteiger partial charge in [-0.05, 0) is 43.5 Å². The second-order valence-electron chi connectivity index (χ2n) is 4.87. The number of rotatable bonds is 3. The molecule has 2 heteroatoms. The van der Waals surface area contributed by atoms with Crippen molar-refractivity contribution >= 4 is 5.69 Å². The molecule has 0 bridgehead atoms. The molecule has 2 rings (SSSR count). The lowest BCUT2D eigenvalue weighted by Crippen LogP contribution is -2.32. The molecule has 2 nitrogen and oxygen atoms in total. The maximum atomic E-state index is 3.18. The summed E-state index contributed by atoms with van der Waals surface area (Å²) in [5, 5.41) is 3.18. The van der Waals surface area contributed by atoms with Crippen molar-refractivity contribution in [1.29, 1.82) is 0 Å². The Morgan fingerprint density at radius 2 is 1.81 bits per heavy atom. The van der Waals surface area contributed by atoms with E-state index >= 15 is 0 Å². The summed E-state index contributed by atoms with van der Waals surface area (Å²) in [6, 6.07) is 8.96. The Morgan fingerprint density at radius 3 is 2.38 bits per heavy atom. The van der Waals surface area contributed by atoms with Gasteiger partial charge in [-0.3, -0.25) is 0 Å². The standard InChI is InChI=1S/C14H22N2/c1-12-7-9-16(10-8-12)14-5-3-13(4-6-14)11-15-2/h3-6,12,15H,7-11H2,1-2H3. The summed E-state index contributed by atoms with van der Waals surface area (Å²) in [7, 11) is 1.99. The summed E-state index contributed by atoms with van der Waals surface area (Å²) in [6.45, 7) is 5.74. The zero-order valence-electron chi connectivity index (χ0n) is 10.4. The van der Waals surface area contributed by atoms with Crippen LogP contribution in [0.1, 0.15) is 25.3 Å². The third kappa shape index (κ3) is 2.76. The lowest BCUT2D eigenvalue weighted by atomic mass is 9.99. The molecule has 1 fully saturated rings. The molecule has 0 aliphatic carbocycles. The van der Waals surface area contributed by atoms with Crippen LogP contribution in [0.4, 0.5) is 5.69 Å². The van der Waals surface area contributed by atoms with E-state index in [-0.39, 0.29) is 0 Å². The topological polar surface area (TPSA) is 15.3 Å². The molecule has 1 saturated heterocycles. The number of piperidine rings is 1. The summed E-state index contributed by atoms with van der Waals surface area (Å²) in [6.07, 6.45) is 2.66. The van der Waals surface area contributed by atoms with Gasteiger partial charge < -0.3 is 10.2 Å². The summed E-state index contributed by atoms with van der Waals surface area (Å²) >= 11 is 0. The van der Waals surface area contributed by atoms with Crippen LogP contribution in [0.25, 0.3) is 0 Å². The average molecular weight is 218 g/mol. The van der Waals surface area contributed by atoms with Crippen LogP contribution < -0.4 is 10.2 Å². The van der Waals surface area contributed by atoms with Crippen LogP contribution in [0.15, 0.2) is 24.3 Å². The number of nitrogens with one attached hydrogen (secondary N) is 1. The van der Waals surface area contributed by atoms with Crippen molar-refractivity contribution in [1.82, 2.24) is 5.32 Å². The first-order chi connectivity index (χ1) is 7.79. The molecule has 0 radical (unpaired) electrons. The quantitative estimate of drug-likeness (QED) is 0.839. The van der Waals surface area contributed by atoms with Crippen LogP contribution in [0.2, 0.25) is 0 Å². The summed E-state index contributed by atoms with van der Waals surface area (Å²) < 4.78 is 0. The molecule has 1 N–H and O–H groups in total. The molecule has 0 atom stereocenters. The van der Waals surface area contributed by atoms with Gasteiger partial charge in [0.1, 0.15) is 0 Å². The fourth-order valence-corrected chi connectivity index (χ4v) is 2.30. The second-order valence-corrected chi connectivity index (χ2v) is 4.87. The molecule has 0 spiro atoms. The molecule has 0 unspecified atom stereocenters. The van der Waals surface area contributed by atoms with E-state index in [0.717, 1.165) is 12.5 Å².